The van der Waals surface area contributed by atoms with Crippen LogP contribution in [-0.4, -0.2) is 10.6 Å². The molecule has 0 heterocycles. The number of thioether (sulfide) groups is 1. The third-order valence-electron chi connectivity index (χ3n) is 2.63. The molecule has 1 nitrogen and oxygen atoms in total. The highest BCUT2D eigenvalue weighted by Gasteiger charge is 2.29. The zero-order chi connectivity index (χ0) is 14.8. The fraction of sp³-hybridized carbons (Fsp3) is 0.143. The van der Waals surface area contributed by atoms with Crippen molar-refractivity contribution in [2.24, 2.45) is 0 Å². The first-order valence-corrected chi connectivity index (χ1v) is 6.46. The van der Waals surface area contributed by atoms with Crippen LogP contribution in [0.5, 0.6) is 0 Å². The van der Waals surface area contributed by atoms with Crippen molar-refractivity contribution < 1.29 is 22.7 Å². The van der Waals surface area contributed by atoms with Crippen LogP contribution in [0.15, 0.2) is 53.4 Å². The summed E-state index contributed by atoms with van der Waals surface area (Å²) in [6.45, 7) is 0. The van der Waals surface area contributed by atoms with Crippen molar-refractivity contribution >= 4 is 11.8 Å². The molecule has 0 saturated heterocycles. The first kappa shape index (κ1) is 14.9. The summed E-state index contributed by atoms with van der Waals surface area (Å²) in [6.07, 6.45) is -1.21. The average molecular weight is 302 g/mol. The lowest BCUT2D eigenvalue weighted by molar-refractivity contribution is -0.0328. The van der Waals surface area contributed by atoms with Gasteiger partial charge in [0.1, 0.15) is 11.9 Å². The molecular weight excluding hydrogens is 292 g/mol. The van der Waals surface area contributed by atoms with Crippen molar-refractivity contribution in [3.05, 3.63) is 65.5 Å². The first-order valence-electron chi connectivity index (χ1n) is 5.65. The fourth-order valence-corrected chi connectivity index (χ4v) is 2.27. The monoisotopic (exact) mass is 302 g/mol. The molecule has 0 saturated carbocycles. The minimum absolute atomic E-state index is 0.0157. The summed E-state index contributed by atoms with van der Waals surface area (Å²) in [5.74, 6) is -0.561. The maximum atomic E-state index is 13.5. The van der Waals surface area contributed by atoms with Gasteiger partial charge in [-0.3, -0.25) is 0 Å². The van der Waals surface area contributed by atoms with Crippen LogP contribution in [0.4, 0.5) is 17.6 Å². The number of hydrogen-bond donors (Lipinski definition) is 1. The Balaban J connectivity index is 2.20. The standard InChI is InChI=1S/C14H10F4OS/c15-12-4-2-1-3-11(12)13(19)9-5-7-10(8-6-9)20-14(16,17)18/h1-8,13,19H. The third-order valence-corrected chi connectivity index (χ3v) is 3.37. The van der Waals surface area contributed by atoms with E-state index < -0.39 is 17.4 Å². The zero-order valence-corrected chi connectivity index (χ0v) is 10.9. The molecule has 0 radical (unpaired) electrons. The van der Waals surface area contributed by atoms with E-state index in [1.165, 1.54) is 42.5 Å². The Kier molecular flexibility index (Phi) is 4.35. The van der Waals surface area contributed by atoms with Crippen LogP contribution in [0, 0.1) is 5.82 Å². The molecule has 0 aliphatic heterocycles. The minimum atomic E-state index is -4.36. The lowest BCUT2D eigenvalue weighted by Crippen LogP contribution is -2.03. The molecule has 0 aliphatic rings. The molecule has 6 heteroatoms. The van der Waals surface area contributed by atoms with Gasteiger partial charge in [0.15, 0.2) is 0 Å². The molecule has 2 rings (SSSR count). The second-order valence-electron chi connectivity index (χ2n) is 4.04. The molecule has 2 aromatic rings. The van der Waals surface area contributed by atoms with E-state index in [2.05, 4.69) is 0 Å². The van der Waals surface area contributed by atoms with Gasteiger partial charge in [-0.05, 0) is 35.5 Å². The highest BCUT2D eigenvalue weighted by molar-refractivity contribution is 8.00. The van der Waals surface area contributed by atoms with Gasteiger partial charge >= 0.3 is 5.51 Å². The molecule has 0 aliphatic carbocycles. The number of hydrogen-bond acceptors (Lipinski definition) is 2. The quantitative estimate of drug-likeness (QED) is 0.664. The molecule has 1 unspecified atom stereocenters. The molecule has 0 amide bonds. The van der Waals surface area contributed by atoms with Gasteiger partial charge in [-0.25, -0.2) is 4.39 Å². The predicted molar refractivity (Wildman–Crippen MR) is 68.8 cm³/mol. The second-order valence-corrected chi connectivity index (χ2v) is 5.18. The van der Waals surface area contributed by atoms with Crippen molar-refractivity contribution in [2.75, 3.05) is 0 Å². The SMILES string of the molecule is OC(c1ccc(SC(F)(F)F)cc1)c1ccccc1F. The molecular formula is C14H10F4OS. The minimum Gasteiger partial charge on any atom is -0.384 e. The molecule has 1 N–H and O–H groups in total. The molecule has 0 aromatic heterocycles. The predicted octanol–water partition coefficient (Wildman–Crippen LogP) is 4.52. The van der Waals surface area contributed by atoms with E-state index in [1.54, 1.807) is 6.07 Å². The Morgan fingerprint density at radius 2 is 1.55 bits per heavy atom. The molecule has 20 heavy (non-hydrogen) atoms. The van der Waals surface area contributed by atoms with E-state index in [0.717, 1.165) is 0 Å². The van der Waals surface area contributed by atoms with E-state index in [1.807, 2.05) is 0 Å². The zero-order valence-electron chi connectivity index (χ0n) is 10.1. The van der Waals surface area contributed by atoms with Crippen molar-refractivity contribution in [3.8, 4) is 0 Å². The smallest absolute Gasteiger partial charge is 0.384 e. The maximum absolute atomic E-state index is 13.5. The topological polar surface area (TPSA) is 20.2 Å². The van der Waals surface area contributed by atoms with E-state index >= 15 is 0 Å². The van der Waals surface area contributed by atoms with Gasteiger partial charge in [0.2, 0.25) is 0 Å². The number of rotatable bonds is 3. The number of aliphatic hydroxyl groups excluding tert-OH is 1. The second kappa shape index (κ2) is 5.85. The average Bonchev–Trinajstić information content (AvgIpc) is 2.37. The van der Waals surface area contributed by atoms with E-state index in [-0.39, 0.29) is 22.2 Å². The first-order chi connectivity index (χ1) is 9.37. The summed E-state index contributed by atoms with van der Waals surface area (Å²) in [5, 5.41) is 10.0. The molecule has 0 bridgehead atoms. The van der Waals surface area contributed by atoms with Gasteiger partial charge in [-0.15, -0.1) is 0 Å². The van der Waals surface area contributed by atoms with Crippen LogP contribution >= 0.6 is 11.8 Å². The Morgan fingerprint density at radius 3 is 2.10 bits per heavy atom. The maximum Gasteiger partial charge on any atom is 0.446 e. The lowest BCUT2D eigenvalue weighted by atomic mass is 10.0. The summed E-state index contributed by atoms with van der Waals surface area (Å²) in [5.41, 5.74) is -3.93. The Morgan fingerprint density at radius 1 is 0.950 bits per heavy atom. The highest BCUT2D eigenvalue weighted by Crippen LogP contribution is 2.37. The van der Waals surface area contributed by atoms with Crippen LogP contribution in [0.1, 0.15) is 17.2 Å². The number of halogens is 4. The lowest BCUT2D eigenvalue weighted by Gasteiger charge is -2.13. The fourth-order valence-electron chi connectivity index (χ4n) is 1.73. The summed E-state index contributed by atoms with van der Waals surface area (Å²) in [6, 6.07) is 10.9. The molecule has 0 spiro atoms. The Hall–Kier alpha value is -1.53. The van der Waals surface area contributed by atoms with Crippen LogP contribution in [0.3, 0.4) is 0 Å². The largest absolute Gasteiger partial charge is 0.446 e. The van der Waals surface area contributed by atoms with Crippen LogP contribution in [-0.2, 0) is 0 Å². The van der Waals surface area contributed by atoms with Gasteiger partial charge < -0.3 is 5.11 Å². The summed E-state index contributed by atoms with van der Waals surface area (Å²) in [4.78, 5) is 0.0157. The van der Waals surface area contributed by atoms with Gasteiger partial charge in [0.25, 0.3) is 0 Å². The van der Waals surface area contributed by atoms with Gasteiger partial charge in [-0.1, -0.05) is 30.3 Å². The Labute approximate surface area is 117 Å². The van der Waals surface area contributed by atoms with Gasteiger partial charge in [0.05, 0.1) is 0 Å². The molecule has 2 aromatic carbocycles. The van der Waals surface area contributed by atoms with Crippen LogP contribution < -0.4 is 0 Å². The normalized spacial score (nSPS) is 13.2. The van der Waals surface area contributed by atoms with Crippen LogP contribution in [0.2, 0.25) is 0 Å². The number of benzene rings is 2. The van der Waals surface area contributed by atoms with E-state index in [9.17, 15) is 22.7 Å². The van der Waals surface area contributed by atoms with E-state index in [0.29, 0.717) is 5.56 Å². The molecule has 106 valence electrons. The third kappa shape index (κ3) is 3.74. The van der Waals surface area contributed by atoms with Crippen LogP contribution in [0.25, 0.3) is 0 Å². The summed E-state index contributed by atoms with van der Waals surface area (Å²) in [7, 11) is 0. The van der Waals surface area contributed by atoms with Crippen molar-refractivity contribution in [2.45, 2.75) is 16.5 Å². The van der Waals surface area contributed by atoms with Crippen molar-refractivity contribution in [1.29, 1.82) is 0 Å². The van der Waals surface area contributed by atoms with E-state index in [4.69, 9.17) is 0 Å². The summed E-state index contributed by atoms with van der Waals surface area (Å²) >= 11 is -0.236. The number of aliphatic hydroxyl groups is 1. The Bertz CT molecular complexity index is 580. The van der Waals surface area contributed by atoms with Gasteiger partial charge in [-0.2, -0.15) is 13.2 Å². The molecule has 1 atom stereocenters. The number of alkyl halides is 3. The highest BCUT2D eigenvalue weighted by atomic mass is 32.2. The summed E-state index contributed by atoms with van der Waals surface area (Å²) < 4.78 is 50.1. The molecule has 0 fully saturated rings. The van der Waals surface area contributed by atoms with Crippen molar-refractivity contribution in [1.82, 2.24) is 0 Å². The van der Waals surface area contributed by atoms with Crippen molar-refractivity contribution in [3.63, 3.8) is 0 Å². The van der Waals surface area contributed by atoms with Gasteiger partial charge in [0, 0.05) is 10.5 Å².